The minimum absolute atomic E-state index is 0.223. The Morgan fingerprint density at radius 2 is 2.22 bits per heavy atom. The van der Waals surface area contributed by atoms with Crippen molar-refractivity contribution in [2.45, 2.75) is 31.6 Å². The van der Waals surface area contributed by atoms with Crippen molar-refractivity contribution in [1.82, 2.24) is 9.62 Å². The lowest BCUT2D eigenvalue weighted by Gasteiger charge is -2.21. The quantitative estimate of drug-likeness (QED) is 0.655. The topological polar surface area (TPSA) is 32.3 Å². The van der Waals surface area contributed by atoms with E-state index in [-0.39, 0.29) is 5.91 Å². The molecule has 3 nitrogen and oxygen atoms in total. The maximum Gasteiger partial charge on any atom is 0.237 e. The van der Waals surface area contributed by atoms with Crippen LogP contribution in [0.4, 0.5) is 0 Å². The minimum Gasteiger partial charge on any atom is -0.339 e. The summed E-state index contributed by atoms with van der Waals surface area (Å²) in [4.78, 5) is 13.9. The Morgan fingerprint density at radius 3 is 2.89 bits per heavy atom. The summed E-state index contributed by atoms with van der Waals surface area (Å²) < 4.78 is 3.16. The molecule has 1 aliphatic rings. The number of hydrogen-bond donors (Lipinski definition) is 1. The van der Waals surface area contributed by atoms with Gasteiger partial charge in [-0.3, -0.25) is 9.52 Å². The van der Waals surface area contributed by atoms with Crippen molar-refractivity contribution < 1.29 is 4.79 Å². The maximum absolute atomic E-state index is 11.9. The molecule has 0 radical (unpaired) electrons. The van der Waals surface area contributed by atoms with Crippen LogP contribution in [-0.2, 0) is 10.5 Å². The molecular weight excluding hydrogens is 244 g/mol. The van der Waals surface area contributed by atoms with Crippen LogP contribution in [0.25, 0.3) is 0 Å². The molecule has 1 aromatic rings. The summed E-state index contributed by atoms with van der Waals surface area (Å²) in [5.41, 5.74) is 1.27. The van der Waals surface area contributed by atoms with Gasteiger partial charge in [-0.2, -0.15) is 0 Å². The highest BCUT2D eigenvalue weighted by atomic mass is 32.2. The number of likely N-dealkylation sites (tertiary alicyclic amines) is 1. The number of carbonyl (C=O) groups excluding carboxylic acids is 1. The summed E-state index contributed by atoms with van der Waals surface area (Å²) in [6.45, 7) is 3.48. The van der Waals surface area contributed by atoms with Crippen LogP contribution in [0.1, 0.15) is 25.3 Å². The average Bonchev–Trinajstić information content (AvgIpc) is 2.82. The number of carbonyl (C=O) groups is 1. The third-order valence-electron chi connectivity index (χ3n) is 3.28. The van der Waals surface area contributed by atoms with E-state index in [9.17, 15) is 4.79 Å². The first-order valence-electron chi connectivity index (χ1n) is 6.45. The summed E-state index contributed by atoms with van der Waals surface area (Å²) in [6, 6.07) is 10.7. The SMILES string of the molecule is CC1CCCN1C(=O)CNSCc1ccccc1. The average molecular weight is 264 g/mol. The molecule has 4 heteroatoms. The Balaban J connectivity index is 1.65. The summed E-state index contributed by atoms with van der Waals surface area (Å²) in [5.74, 6) is 1.12. The molecule has 2 rings (SSSR count). The Labute approximate surface area is 113 Å². The second-order valence-electron chi connectivity index (χ2n) is 4.67. The standard InChI is InChI=1S/C14H20N2OS/c1-12-6-5-9-16(12)14(17)10-15-18-11-13-7-3-2-4-8-13/h2-4,7-8,12,15H,5-6,9-11H2,1H3. The lowest BCUT2D eigenvalue weighted by molar-refractivity contribution is -0.130. The number of benzene rings is 1. The zero-order valence-electron chi connectivity index (χ0n) is 10.8. The van der Waals surface area contributed by atoms with Crippen molar-refractivity contribution in [3.05, 3.63) is 35.9 Å². The van der Waals surface area contributed by atoms with Gasteiger partial charge >= 0.3 is 0 Å². The molecular formula is C14H20N2OS. The molecule has 1 N–H and O–H groups in total. The van der Waals surface area contributed by atoms with E-state index in [1.165, 1.54) is 5.56 Å². The van der Waals surface area contributed by atoms with Crippen molar-refractivity contribution >= 4 is 17.9 Å². The predicted octanol–water partition coefficient (Wildman–Crippen LogP) is 2.44. The second kappa shape index (κ2) is 6.81. The number of nitrogens with zero attached hydrogens (tertiary/aromatic N) is 1. The van der Waals surface area contributed by atoms with Gasteiger partial charge in [0.05, 0.1) is 6.54 Å². The molecule has 18 heavy (non-hydrogen) atoms. The van der Waals surface area contributed by atoms with Gasteiger partial charge in [0.1, 0.15) is 0 Å². The highest BCUT2D eigenvalue weighted by Gasteiger charge is 2.24. The van der Waals surface area contributed by atoms with E-state index in [1.54, 1.807) is 11.9 Å². The van der Waals surface area contributed by atoms with Crippen molar-refractivity contribution in [3.8, 4) is 0 Å². The predicted molar refractivity (Wildman–Crippen MR) is 76.1 cm³/mol. The van der Waals surface area contributed by atoms with Gasteiger partial charge in [0, 0.05) is 18.3 Å². The summed E-state index contributed by atoms with van der Waals surface area (Å²) in [6.07, 6.45) is 2.28. The molecule has 1 amide bonds. The van der Waals surface area contributed by atoms with Gasteiger partial charge in [-0.25, -0.2) is 0 Å². The molecule has 0 bridgehead atoms. The van der Waals surface area contributed by atoms with Gasteiger partial charge in [-0.1, -0.05) is 42.3 Å². The Hall–Kier alpha value is -1.00. The summed E-state index contributed by atoms with van der Waals surface area (Å²) in [5, 5.41) is 0. The molecule has 1 saturated heterocycles. The Kier molecular flexibility index (Phi) is 5.08. The molecule has 98 valence electrons. The molecule has 1 atom stereocenters. The Morgan fingerprint density at radius 1 is 1.44 bits per heavy atom. The van der Waals surface area contributed by atoms with Crippen LogP contribution in [0.15, 0.2) is 30.3 Å². The third kappa shape index (κ3) is 3.75. The fourth-order valence-corrected chi connectivity index (χ4v) is 2.91. The van der Waals surface area contributed by atoms with Crippen LogP contribution in [0.5, 0.6) is 0 Å². The van der Waals surface area contributed by atoms with Gasteiger partial charge in [-0.15, -0.1) is 0 Å². The van der Waals surface area contributed by atoms with Gasteiger partial charge in [-0.05, 0) is 25.3 Å². The third-order valence-corrected chi connectivity index (χ3v) is 4.11. The van der Waals surface area contributed by atoms with Crippen molar-refractivity contribution in [3.63, 3.8) is 0 Å². The molecule has 1 fully saturated rings. The summed E-state index contributed by atoms with van der Waals surface area (Å²) >= 11 is 1.60. The molecule has 1 aromatic carbocycles. The largest absolute Gasteiger partial charge is 0.339 e. The Bertz CT molecular complexity index is 383. The van der Waals surface area contributed by atoms with E-state index in [2.05, 4.69) is 23.8 Å². The van der Waals surface area contributed by atoms with Crippen LogP contribution >= 0.6 is 11.9 Å². The molecule has 0 aromatic heterocycles. The first kappa shape index (κ1) is 13.4. The van der Waals surface area contributed by atoms with Gasteiger partial charge in [0.25, 0.3) is 0 Å². The first-order chi connectivity index (χ1) is 8.77. The minimum atomic E-state index is 0.223. The van der Waals surface area contributed by atoms with Gasteiger partial charge in [0.2, 0.25) is 5.91 Å². The van der Waals surface area contributed by atoms with Gasteiger partial charge in [0.15, 0.2) is 0 Å². The van der Waals surface area contributed by atoms with E-state index < -0.39 is 0 Å². The smallest absolute Gasteiger partial charge is 0.237 e. The fraction of sp³-hybridized carbons (Fsp3) is 0.500. The lowest BCUT2D eigenvalue weighted by atomic mass is 10.2. The monoisotopic (exact) mass is 264 g/mol. The van der Waals surface area contributed by atoms with Crippen LogP contribution in [0, 0.1) is 0 Å². The van der Waals surface area contributed by atoms with Crippen molar-refractivity contribution in [2.24, 2.45) is 0 Å². The second-order valence-corrected chi connectivity index (χ2v) is 5.54. The van der Waals surface area contributed by atoms with Crippen LogP contribution < -0.4 is 4.72 Å². The molecule has 0 saturated carbocycles. The summed E-state index contributed by atoms with van der Waals surface area (Å²) in [7, 11) is 0. The number of amides is 1. The highest BCUT2D eigenvalue weighted by molar-refractivity contribution is 7.96. The van der Waals surface area contributed by atoms with Crippen molar-refractivity contribution in [2.75, 3.05) is 13.1 Å². The van der Waals surface area contributed by atoms with Crippen LogP contribution in [-0.4, -0.2) is 29.9 Å². The maximum atomic E-state index is 11.9. The number of hydrogen-bond acceptors (Lipinski definition) is 3. The molecule has 1 unspecified atom stereocenters. The zero-order valence-corrected chi connectivity index (χ0v) is 11.6. The highest BCUT2D eigenvalue weighted by Crippen LogP contribution is 2.16. The van der Waals surface area contributed by atoms with E-state index >= 15 is 0 Å². The fourth-order valence-electron chi connectivity index (χ4n) is 2.23. The van der Waals surface area contributed by atoms with Crippen molar-refractivity contribution in [1.29, 1.82) is 0 Å². The van der Waals surface area contributed by atoms with Gasteiger partial charge < -0.3 is 4.90 Å². The van der Waals surface area contributed by atoms with E-state index in [1.807, 2.05) is 23.1 Å². The normalized spacial score (nSPS) is 19.2. The van der Waals surface area contributed by atoms with Crippen LogP contribution in [0.3, 0.4) is 0 Å². The van der Waals surface area contributed by atoms with Crippen LogP contribution in [0.2, 0.25) is 0 Å². The molecule has 1 heterocycles. The first-order valence-corrected chi connectivity index (χ1v) is 7.44. The number of rotatable bonds is 5. The zero-order chi connectivity index (χ0) is 12.8. The lowest BCUT2D eigenvalue weighted by Crippen LogP contribution is -2.38. The molecule has 0 spiro atoms. The van der Waals surface area contributed by atoms with E-state index in [0.717, 1.165) is 25.1 Å². The van der Waals surface area contributed by atoms with E-state index in [0.29, 0.717) is 12.6 Å². The molecule has 1 aliphatic heterocycles. The van der Waals surface area contributed by atoms with E-state index in [4.69, 9.17) is 0 Å². The molecule has 0 aliphatic carbocycles. The number of nitrogens with one attached hydrogen (secondary N) is 1.